The first kappa shape index (κ1) is 21.6. The number of nitrogen functional groups attached to an aromatic ring is 1. The van der Waals surface area contributed by atoms with Gasteiger partial charge < -0.3 is 15.0 Å². The summed E-state index contributed by atoms with van der Waals surface area (Å²) < 4.78 is 31.8. The van der Waals surface area contributed by atoms with Crippen molar-refractivity contribution < 1.29 is 13.2 Å². The minimum Gasteiger partial charge on any atom is -0.382 e. The minimum absolute atomic E-state index is 0.238. The number of fused-ring (bicyclic) bond motifs is 1. The van der Waals surface area contributed by atoms with E-state index in [0.29, 0.717) is 37.5 Å². The van der Waals surface area contributed by atoms with Gasteiger partial charge in [0.05, 0.1) is 17.0 Å². The van der Waals surface area contributed by atoms with Crippen LogP contribution in [-0.2, 0) is 27.7 Å². The van der Waals surface area contributed by atoms with E-state index in [2.05, 4.69) is 14.5 Å². The Kier molecular flexibility index (Phi) is 7.61. The summed E-state index contributed by atoms with van der Waals surface area (Å²) in [6.45, 7) is 9.59. The summed E-state index contributed by atoms with van der Waals surface area (Å²) in [5, 5.41) is 0. The Bertz CT molecular complexity index is 875. The Balaban J connectivity index is 2.20. The number of ether oxygens (including phenoxy) is 1. The fourth-order valence-corrected chi connectivity index (χ4v) is 4.73. The van der Waals surface area contributed by atoms with E-state index >= 15 is 0 Å². The number of nitrogens with zero attached hydrogens (tertiary/aromatic N) is 3. The van der Waals surface area contributed by atoms with Crippen LogP contribution in [0.3, 0.4) is 0 Å². The van der Waals surface area contributed by atoms with Crippen LogP contribution in [0.2, 0.25) is 0 Å². The quantitative estimate of drug-likeness (QED) is 0.586. The second-order valence-electron chi connectivity index (χ2n) is 6.93. The number of rotatable bonds is 11. The van der Waals surface area contributed by atoms with Gasteiger partial charge in [0.1, 0.15) is 27.8 Å². The number of hydrogen-bond donors (Lipinski definition) is 1. The van der Waals surface area contributed by atoms with Crippen LogP contribution in [-0.4, -0.2) is 41.1 Å². The number of pyridine rings is 1. The number of aromatic nitrogens is 3. The molecular formula is C19H32N4O3S. The van der Waals surface area contributed by atoms with Crippen LogP contribution in [0.1, 0.15) is 56.6 Å². The van der Waals surface area contributed by atoms with E-state index in [-0.39, 0.29) is 11.5 Å². The van der Waals surface area contributed by atoms with E-state index < -0.39 is 9.84 Å². The van der Waals surface area contributed by atoms with E-state index in [1.807, 2.05) is 27.7 Å². The molecule has 0 aliphatic heterocycles. The van der Waals surface area contributed by atoms with E-state index in [0.717, 1.165) is 41.9 Å². The Labute approximate surface area is 162 Å². The molecule has 0 aromatic carbocycles. The van der Waals surface area contributed by atoms with Crippen LogP contribution in [0.25, 0.3) is 11.0 Å². The van der Waals surface area contributed by atoms with Crippen LogP contribution in [0.4, 0.5) is 5.82 Å². The van der Waals surface area contributed by atoms with Gasteiger partial charge in [-0.2, -0.15) is 0 Å². The highest BCUT2D eigenvalue weighted by molar-refractivity contribution is 7.91. The standard InChI is InChI=1S/C19H32N4O3S/c1-5-7-11-27(24,25)12-9-8-10-23-16(13-26-6-2)22-17-18(23)14(3)15(4)21-19(17)20/h5-13H2,1-4H3,(H2,20,21). The third-order valence-corrected chi connectivity index (χ3v) is 6.63. The van der Waals surface area contributed by atoms with Crippen molar-refractivity contribution in [3.8, 4) is 0 Å². The lowest BCUT2D eigenvalue weighted by atomic mass is 10.2. The largest absolute Gasteiger partial charge is 0.382 e. The average Bonchev–Trinajstić information content (AvgIpc) is 2.99. The van der Waals surface area contributed by atoms with E-state index in [4.69, 9.17) is 10.5 Å². The van der Waals surface area contributed by atoms with Crippen LogP contribution < -0.4 is 5.73 Å². The maximum Gasteiger partial charge on any atom is 0.151 e. The van der Waals surface area contributed by atoms with Gasteiger partial charge in [-0.3, -0.25) is 0 Å². The maximum absolute atomic E-state index is 12.1. The second-order valence-corrected chi connectivity index (χ2v) is 9.24. The van der Waals surface area contributed by atoms with E-state index in [1.165, 1.54) is 0 Å². The highest BCUT2D eigenvalue weighted by Crippen LogP contribution is 2.26. The molecule has 0 unspecified atom stereocenters. The molecule has 0 bridgehead atoms. The molecule has 2 aromatic heterocycles. The highest BCUT2D eigenvalue weighted by Gasteiger charge is 2.18. The fourth-order valence-electron chi connectivity index (χ4n) is 3.15. The molecule has 2 N–H and O–H groups in total. The highest BCUT2D eigenvalue weighted by atomic mass is 32.2. The molecule has 0 radical (unpaired) electrons. The van der Waals surface area contributed by atoms with Crippen molar-refractivity contribution in [1.82, 2.24) is 14.5 Å². The predicted octanol–water partition coefficient (Wildman–Crippen LogP) is 3.16. The van der Waals surface area contributed by atoms with Crippen molar-refractivity contribution in [2.45, 2.75) is 66.5 Å². The first-order valence-corrected chi connectivity index (χ1v) is 11.5. The number of hydrogen-bond acceptors (Lipinski definition) is 6. The summed E-state index contributed by atoms with van der Waals surface area (Å²) >= 11 is 0. The summed E-state index contributed by atoms with van der Waals surface area (Å²) in [5.41, 5.74) is 9.69. The third-order valence-electron chi connectivity index (χ3n) is 4.81. The molecule has 7 nitrogen and oxygen atoms in total. The number of imidazole rings is 1. The molecule has 27 heavy (non-hydrogen) atoms. The fraction of sp³-hybridized carbons (Fsp3) is 0.684. The molecule has 2 aromatic rings. The topological polar surface area (TPSA) is 100 Å². The lowest BCUT2D eigenvalue weighted by Crippen LogP contribution is -2.12. The van der Waals surface area contributed by atoms with Crippen molar-refractivity contribution in [2.24, 2.45) is 0 Å². The van der Waals surface area contributed by atoms with Gasteiger partial charge in [0.25, 0.3) is 0 Å². The smallest absolute Gasteiger partial charge is 0.151 e. The molecule has 0 aliphatic rings. The van der Waals surface area contributed by atoms with Crippen molar-refractivity contribution >= 4 is 26.7 Å². The Morgan fingerprint density at radius 3 is 2.44 bits per heavy atom. The van der Waals surface area contributed by atoms with Gasteiger partial charge in [0.2, 0.25) is 0 Å². The molecule has 2 heterocycles. The minimum atomic E-state index is -2.95. The number of aryl methyl sites for hydroxylation is 3. The number of unbranched alkanes of at least 4 members (excludes halogenated alkanes) is 2. The van der Waals surface area contributed by atoms with Gasteiger partial charge in [0, 0.05) is 18.8 Å². The Morgan fingerprint density at radius 1 is 1.07 bits per heavy atom. The number of nitrogens with two attached hydrogens (primary N) is 1. The number of anilines is 1. The molecule has 0 amide bonds. The summed E-state index contributed by atoms with van der Waals surface area (Å²) in [4.78, 5) is 9.03. The van der Waals surface area contributed by atoms with Crippen LogP contribution in [0, 0.1) is 13.8 Å². The van der Waals surface area contributed by atoms with Crippen LogP contribution in [0.15, 0.2) is 0 Å². The molecule has 8 heteroatoms. The van der Waals surface area contributed by atoms with E-state index in [9.17, 15) is 8.42 Å². The van der Waals surface area contributed by atoms with Gasteiger partial charge in [-0.15, -0.1) is 0 Å². The first-order valence-electron chi connectivity index (χ1n) is 9.70. The molecule has 0 aliphatic carbocycles. The van der Waals surface area contributed by atoms with Crippen LogP contribution in [0.5, 0.6) is 0 Å². The van der Waals surface area contributed by atoms with Crippen molar-refractivity contribution in [3.63, 3.8) is 0 Å². The van der Waals surface area contributed by atoms with Crippen molar-refractivity contribution in [3.05, 3.63) is 17.1 Å². The SMILES string of the molecule is CCCCS(=O)(=O)CCCCn1c(COCC)nc2c(N)nc(C)c(C)c21. The van der Waals surface area contributed by atoms with Crippen molar-refractivity contribution in [2.75, 3.05) is 23.8 Å². The number of sulfone groups is 1. The zero-order valence-electron chi connectivity index (χ0n) is 16.9. The molecule has 0 atom stereocenters. The van der Waals surface area contributed by atoms with E-state index in [1.54, 1.807) is 0 Å². The summed E-state index contributed by atoms with van der Waals surface area (Å²) in [6, 6.07) is 0. The van der Waals surface area contributed by atoms with Crippen molar-refractivity contribution in [1.29, 1.82) is 0 Å². The third kappa shape index (κ3) is 5.42. The van der Waals surface area contributed by atoms with Crippen LogP contribution >= 0.6 is 0 Å². The maximum atomic E-state index is 12.1. The summed E-state index contributed by atoms with van der Waals surface area (Å²) in [7, 11) is -2.95. The van der Waals surface area contributed by atoms with Gasteiger partial charge in [-0.25, -0.2) is 18.4 Å². The summed E-state index contributed by atoms with van der Waals surface area (Å²) in [5.74, 6) is 1.75. The monoisotopic (exact) mass is 396 g/mol. The predicted molar refractivity (Wildman–Crippen MR) is 110 cm³/mol. The Hall–Kier alpha value is -1.67. The zero-order valence-corrected chi connectivity index (χ0v) is 17.7. The molecule has 152 valence electrons. The lowest BCUT2D eigenvalue weighted by molar-refractivity contribution is 0.126. The lowest BCUT2D eigenvalue weighted by Gasteiger charge is -2.12. The average molecular weight is 397 g/mol. The molecule has 0 fully saturated rings. The second kappa shape index (κ2) is 9.50. The molecule has 2 rings (SSSR count). The molecule has 0 spiro atoms. The normalized spacial score (nSPS) is 12.1. The Morgan fingerprint density at radius 2 is 1.78 bits per heavy atom. The van der Waals surface area contributed by atoms with Gasteiger partial charge >= 0.3 is 0 Å². The molecule has 0 saturated heterocycles. The first-order chi connectivity index (χ1) is 12.8. The summed E-state index contributed by atoms with van der Waals surface area (Å²) in [6.07, 6.45) is 3.03. The van der Waals surface area contributed by atoms with Gasteiger partial charge in [-0.05, 0) is 45.6 Å². The molecule has 0 saturated carbocycles. The van der Waals surface area contributed by atoms with Gasteiger partial charge in [0.15, 0.2) is 5.82 Å². The zero-order chi connectivity index (χ0) is 20.0. The molecular weight excluding hydrogens is 364 g/mol. The van der Waals surface area contributed by atoms with Gasteiger partial charge in [-0.1, -0.05) is 13.3 Å².